The summed E-state index contributed by atoms with van der Waals surface area (Å²) in [6.07, 6.45) is 2.31. The number of anilines is 2. The highest BCUT2D eigenvalue weighted by Gasteiger charge is 2.36. The Balaban J connectivity index is 1.97. The molecule has 0 atom stereocenters. The summed E-state index contributed by atoms with van der Waals surface area (Å²) in [6.45, 7) is 7.02. The Morgan fingerprint density at radius 1 is 0.917 bits per heavy atom. The molecule has 0 aliphatic carbocycles. The van der Waals surface area contributed by atoms with E-state index in [-0.39, 0.29) is 0 Å². The predicted molar refractivity (Wildman–Crippen MR) is 104 cm³/mol. The normalized spacial score (nSPS) is 13.9. The molecule has 3 heteroatoms. The number of fused-ring (bicyclic) bond motifs is 2. The molecule has 4 rings (SSSR count). The summed E-state index contributed by atoms with van der Waals surface area (Å²) in [5.74, 6) is 1.22. The molecule has 0 N–H and O–H groups in total. The van der Waals surface area contributed by atoms with Crippen LogP contribution in [0.1, 0.15) is 18.1 Å². The lowest BCUT2D eigenvalue weighted by molar-refractivity contribution is -0.631. The minimum Gasteiger partial charge on any atom is -0.287 e. The molecule has 0 fully saturated rings. The van der Waals surface area contributed by atoms with Gasteiger partial charge in [-0.05, 0) is 44.4 Å². The van der Waals surface area contributed by atoms with E-state index >= 15 is 0 Å². The van der Waals surface area contributed by atoms with Crippen molar-refractivity contribution in [1.82, 2.24) is 0 Å². The van der Waals surface area contributed by atoms with Gasteiger partial charge in [-0.2, -0.15) is 0 Å². The third kappa shape index (κ3) is 2.15. The fourth-order valence-corrected chi connectivity index (χ4v) is 3.74. The van der Waals surface area contributed by atoms with Crippen LogP contribution in [0.4, 0.5) is 11.5 Å². The van der Waals surface area contributed by atoms with Crippen molar-refractivity contribution < 1.29 is 4.57 Å². The summed E-state index contributed by atoms with van der Waals surface area (Å²) >= 11 is 0. The second kappa shape index (κ2) is 5.52. The fraction of sp³-hybridized carbons (Fsp3) is 0.190. The number of pyridine rings is 1. The van der Waals surface area contributed by atoms with Crippen LogP contribution in [-0.4, -0.2) is 6.85 Å². The Morgan fingerprint density at radius 2 is 1.71 bits per heavy atom. The van der Waals surface area contributed by atoms with Crippen LogP contribution in [0.2, 0.25) is 6.82 Å². The summed E-state index contributed by atoms with van der Waals surface area (Å²) in [6, 6.07) is 19.7. The van der Waals surface area contributed by atoms with E-state index in [1.807, 2.05) is 0 Å². The van der Waals surface area contributed by atoms with E-state index in [0.717, 1.165) is 0 Å². The van der Waals surface area contributed by atoms with Gasteiger partial charge in [-0.25, -0.2) is 4.57 Å². The van der Waals surface area contributed by atoms with E-state index < -0.39 is 0 Å². The Bertz CT molecular complexity index is 975. The van der Waals surface area contributed by atoms with Crippen molar-refractivity contribution in [2.75, 3.05) is 4.81 Å². The van der Waals surface area contributed by atoms with Crippen LogP contribution in [-0.2, 0) is 7.05 Å². The number of nitrogens with zero attached hydrogens (tertiary/aromatic N) is 2. The van der Waals surface area contributed by atoms with Gasteiger partial charge in [-0.15, -0.1) is 0 Å². The standard InChI is InChI=1S/C21H22BN2/c1-15-8-7-11-20-18(15)12-13-21(23(20)4)24-19-10-6-5-9-17(19)14-16(2)22(24)3/h5-14H,1-4H3/q+1. The summed E-state index contributed by atoms with van der Waals surface area (Å²) in [5.41, 5.74) is 6.54. The highest BCUT2D eigenvalue weighted by atomic mass is 15.2. The van der Waals surface area contributed by atoms with Crippen LogP contribution < -0.4 is 9.38 Å². The average Bonchev–Trinajstić information content (AvgIpc) is 2.58. The van der Waals surface area contributed by atoms with E-state index in [1.165, 1.54) is 39.0 Å². The molecule has 24 heavy (non-hydrogen) atoms. The van der Waals surface area contributed by atoms with Gasteiger partial charge < -0.3 is 0 Å². The number of hydrogen-bond donors (Lipinski definition) is 0. The van der Waals surface area contributed by atoms with Gasteiger partial charge in [-0.3, -0.25) is 4.81 Å². The maximum Gasteiger partial charge on any atom is 0.405 e. The van der Waals surface area contributed by atoms with E-state index in [0.29, 0.717) is 6.85 Å². The van der Waals surface area contributed by atoms with Crippen molar-refractivity contribution in [3.63, 3.8) is 0 Å². The average molecular weight is 313 g/mol. The molecule has 1 aromatic heterocycles. The first-order valence-corrected chi connectivity index (χ1v) is 8.53. The van der Waals surface area contributed by atoms with Crippen molar-refractivity contribution in [1.29, 1.82) is 0 Å². The zero-order valence-electron chi connectivity index (χ0n) is 14.7. The zero-order chi connectivity index (χ0) is 16.8. The molecule has 2 aromatic carbocycles. The second-order valence-corrected chi connectivity index (χ2v) is 6.75. The quantitative estimate of drug-likeness (QED) is 0.467. The molecule has 0 saturated carbocycles. The molecule has 1 aliphatic rings. The van der Waals surface area contributed by atoms with Gasteiger partial charge in [0.15, 0.2) is 0 Å². The number of para-hydroxylation sites is 1. The Labute approximate surface area is 144 Å². The van der Waals surface area contributed by atoms with Crippen LogP contribution >= 0.6 is 0 Å². The Hall–Kier alpha value is -2.55. The van der Waals surface area contributed by atoms with Gasteiger partial charge in [0.1, 0.15) is 11.2 Å². The number of rotatable bonds is 1. The first-order valence-electron chi connectivity index (χ1n) is 8.53. The second-order valence-electron chi connectivity index (χ2n) is 6.75. The molecule has 1 aliphatic heterocycles. The van der Waals surface area contributed by atoms with E-state index in [4.69, 9.17) is 0 Å². The van der Waals surface area contributed by atoms with E-state index in [9.17, 15) is 0 Å². The third-order valence-electron chi connectivity index (χ3n) is 5.28. The molecule has 2 heterocycles. The predicted octanol–water partition coefficient (Wildman–Crippen LogP) is 4.69. The molecular weight excluding hydrogens is 291 g/mol. The molecule has 0 spiro atoms. The zero-order valence-corrected chi connectivity index (χ0v) is 14.7. The van der Waals surface area contributed by atoms with Crippen LogP contribution in [0, 0.1) is 6.92 Å². The number of hydrogen-bond acceptors (Lipinski definition) is 1. The SMILES string of the molecule is CB1C(C)=Cc2ccccc2N1c1ccc2c(C)cccc2[n+]1C. The lowest BCUT2D eigenvalue weighted by Gasteiger charge is -2.28. The minimum atomic E-state index is 0.341. The summed E-state index contributed by atoms with van der Waals surface area (Å²) in [7, 11) is 2.17. The van der Waals surface area contributed by atoms with E-state index in [1.54, 1.807) is 0 Å². The first kappa shape index (κ1) is 15.0. The first-order chi connectivity index (χ1) is 11.6. The monoisotopic (exact) mass is 313 g/mol. The van der Waals surface area contributed by atoms with Gasteiger partial charge in [0, 0.05) is 17.0 Å². The fourth-order valence-electron chi connectivity index (χ4n) is 3.74. The third-order valence-corrected chi connectivity index (χ3v) is 5.28. The van der Waals surface area contributed by atoms with Crippen LogP contribution in [0.15, 0.2) is 60.1 Å². The smallest absolute Gasteiger partial charge is 0.287 e. The van der Waals surface area contributed by atoms with Gasteiger partial charge in [0.05, 0.1) is 7.05 Å². The van der Waals surface area contributed by atoms with Crippen molar-refractivity contribution in [2.24, 2.45) is 7.05 Å². The molecule has 2 nitrogen and oxygen atoms in total. The molecule has 3 aromatic rings. The van der Waals surface area contributed by atoms with Crippen LogP contribution in [0.5, 0.6) is 0 Å². The van der Waals surface area contributed by atoms with Gasteiger partial charge in [0.2, 0.25) is 0 Å². The van der Waals surface area contributed by atoms with Crippen molar-refractivity contribution in [2.45, 2.75) is 20.7 Å². The van der Waals surface area contributed by atoms with Crippen molar-refractivity contribution in [3.8, 4) is 0 Å². The number of allylic oxidation sites excluding steroid dienone is 1. The molecular formula is C21H22BN2+. The molecule has 0 unspecified atom stereocenters. The molecule has 0 radical (unpaired) electrons. The lowest BCUT2D eigenvalue weighted by atomic mass is 9.54. The molecule has 0 amide bonds. The topological polar surface area (TPSA) is 7.12 Å². The molecule has 118 valence electrons. The maximum atomic E-state index is 2.45. The van der Waals surface area contributed by atoms with Crippen molar-refractivity contribution in [3.05, 3.63) is 71.2 Å². The van der Waals surface area contributed by atoms with Crippen LogP contribution in [0.25, 0.3) is 17.0 Å². The minimum absolute atomic E-state index is 0.341. The lowest BCUT2D eigenvalue weighted by Crippen LogP contribution is -2.45. The summed E-state index contributed by atoms with van der Waals surface area (Å²) < 4.78 is 2.31. The van der Waals surface area contributed by atoms with Gasteiger partial charge >= 0.3 is 6.85 Å². The van der Waals surface area contributed by atoms with Crippen molar-refractivity contribution >= 4 is 35.3 Å². The Morgan fingerprint density at radius 3 is 2.54 bits per heavy atom. The largest absolute Gasteiger partial charge is 0.405 e. The van der Waals surface area contributed by atoms with Gasteiger partial charge in [0.25, 0.3) is 5.82 Å². The molecule has 0 bridgehead atoms. The van der Waals surface area contributed by atoms with Gasteiger partial charge in [-0.1, -0.05) is 41.9 Å². The highest BCUT2D eigenvalue weighted by Crippen LogP contribution is 2.35. The maximum absolute atomic E-state index is 2.45. The van der Waals surface area contributed by atoms with E-state index in [2.05, 4.69) is 97.8 Å². The summed E-state index contributed by atoms with van der Waals surface area (Å²) in [5, 5.41) is 1.31. The molecule has 0 saturated heterocycles. The highest BCUT2D eigenvalue weighted by molar-refractivity contribution is 6.72. The van der Waals surface area contributed by atoms with Crippen LogP contribution in [0.3, 0.4) is 0 Å². The number of aromatic nitrogens is 1. The Kier molecular flexibility index (Phi) is 3.45. The number of benzene rings is 2. The number of aryl methyl sites for hydroxylation is 2. The summed E-state index contributed by atoms with van der Waals surface area (Å²) in [4.78, 5) is 2.45.